The summed E-state index contributed by atoms with van der Waals surface area (Å²) in [7, 11) is 1.24. The quantitative estimate of drug-likeness (QED) is 0.573. The second-order valence-corrected chi connectivity index (χ2v) is 5.45. The van der Waals surface area contributed by atoms with Crippen LogP contribution in [0, 0.1) is 11.7 Å². The third kappa shape index (κ3) is 7.15. The lowest BCUT2D eigenvalue weighted by Crippen LogP contribution is -2.47. The molecule has 0 unspecified atom stereocenters. The number of amides is 1. The Morgan fingerprint density at radius 3 is 2.64 bits per heavy atom. The van der Waals surface area contributed by atoms with Gasteiger partial charge in [0.2, 0.25) is 0 Å². The van der Waals surface area contributed by atoms with E-state index in [0.717, 1.165) is 6.08 Å². The molecule has 1 aromatic carbocycles. The van der Waals surface area contributed by atoms with Crippen molar-refractivity contribution >= 4 is 23.9 Å². The molecule has 1 amide bonds. The van der Waals surface area contributed by atoms with Crippen LogP contribution in [0.2, 0.25) is 0 Å². The fourth-order valence-corrected chi connectivity index (χ4v) is 1.97. The summed E-state index contributed by atoms with van der Waals surface area (Å²) in [6.45, 7) is 3.15. The number of benzene rings is 1. The van der Waals surface area contributed by atoms with Gasteiger partial charge >= 0.3 is 11.9 Å². The molecule has 136 valence electrons. The molecular formula is C18H22FNO5. The Morgan fingerprint density at radius 1 is 1.32 bits per heavy atom. The Morgan fingerprint density at radius 2 is 2.04 bits per heavy atom. The Balaban J connectivity index is 2.51. The van der Waals surface area contributed by atoms with Crippen LogP contribution in [-0.2, 0) is 23.9 Å². The first-order valence-electron chi connectivity index (χ1n) is 7.85. The number of halogens is 1. The van der Waals surface area contributed by atoms with Gasteiger partial charge in [0.05, 0.1) is 7.11 Å². The number of esters is 2. The zero-order valence-electron chi connectivity index (χ0n) is 14.5. The molecule has 1 N–H and O–H groups in total. The summed E-state index contributed by atoms with van der Waals surface area (Å²) in [4.78, 5) is 35.1. The van der Waals surface area contributed by atoms with Crippen LogP contribution in [0.15, 0.2) is 30.3 Å². The van der Waals surface area contributed by atoms with Gasteiger partial charge in [0.25, 0.3) is 5.91 Å². The van der Waals surface area contributed by atoms with Crippen LogP contribution in [0.3, 0.4) is 0 Å². The summed E-state index contributed by atoms with van der Waals surface area (Å²) in [5.41, 5.74) is 0.490. The Labute approximate surface area is 146 Å². The Kier molecular flexibility index (Phi) is 8.32. The van der Waals surface area contributed by atoms with Crippen molar-refractivity contribution in [2.75, 3.05) is 13.7 Å². The van der Waals surface area contributed by atoms with Crippen molar-refractivity contribution in [2.45, 2.75) is 26.3 Å². The molecule has 7 heteroatoms. The van der Waals surface area contributed by atoms with Crippen LogP contribution in [-0.4, -0.2) is 37.6 Å². The van der Waals surface area contributed by atoms with Crippen LogP contribution in [0.25, 0.3) is 6.08 Å². The maximum atomic E-state index is 13.0. The van der Waals surface area contributed by atoms with Crippen LogP contribution in [0.4, 0.5) is 4.39 Å². The van der Waals surface area contributed by atoms with E-state index in [2.05, 4.69) is 10.1 Å². The van der Waals surface area contributed by atoms with E-state index >= 15 is 0 Å². The second kappa shape index (κ2) is 10.2. The number of hydrogen-bond donors (Lipinski definition) is 1. The van der Waals surface area contributed by atoms with Crippen molar-refractivity contribution in [3.8, 4) is 0 Å². The minimum Gasteiger partial charge on any atom is -0.467 e. The SMILES string of the molecule is CC[C@@H](C)[C@@H](NC(=O)COC(=O)/C=C/c1cccc(F)c1)C(=O)OC. The summed E-state index contributed by atoms with van der Waals surface area (Å²) in [5, 5.41) is 2.49. The van der Waals surface area contributed by atoms with Gasteiger partial charge in [-0.2, -0.15) is 0 Å². The average molecular weight is 351 g/mol. The van der Waals surface area contributed by atoms with Gasteiger partial charge in [-0.25, -0.2) is 14.0 Å². The Bertz CT molecular complexity index is 644. The maximum Gasteiger partial charge on any atom is 0.331 e. The highest BCUT2D eigenvalue weighted by Gasteiger charge is 2.26. The highest BCUT2D eigenvalue weighted by atomic mass is 19.1. The molecule has 0 heterocycles. The van der Waals surface area contributed by atoms with E-state index in [1.54, 1.807) is 13.0 Å². The first kappa shape index (κ1) is 20.3. The smallest absolute Gasteiger partial charge is 0.331 e. The van der Waals surface area contributed by atoms with E-state index in [9.17, 15) is 18.8 Å². The number of carbonyl (C=O) groups is 3. The van der Waals surface area contributed by atoms with Gasteiger partial charge in [0.1, 0.15) is 11.9 Å². The van der Waals surface area contributed by atoms with Crippen LogP contribution < -0.4 is 5.32 Å². The van der Waals surface area contributed by atoms with Gasteiger partial charge in [0.15, 0.2) is 6.61 Å². The molecule has 0 saturated carbocycles. The zero-order valence-corrected chi connectivity index (χ0v) is 14.5. The Hall–Kier alpha value is -2.70. The van der Waals surface area contributed by atoms with Crippen molar-refractivity contribution in [1.29, 1.82) is 0 Å². The van der Waals surface area contributed by atoms with E-state index in [0.29, 0.717) is 12.0 Å². The topological polar surface area (TPSA) is 81.7 Å². The van der Waals surface area contributed by atoms with Crippen molar-refractivity contribution in [1.82, 2.24) is 5.32 Å². The van der Waals surface area contributed by atoms with Crippen LogP contribution in [0.5, 0.6) is 0 Å². The number of carbonyl (C=O) groups excluding carboxylic acids is 3. The molecule has 0 aliphatic carbocycles. The monoisotopic (exact) mass is 351 g/mol. The van der Waals surface area contributed by atoms with E-state index in [-0.39, 0.29) is 5.92 Å². The highest BCUT2D eigenvalue weighted by molar-refractivity contribution is 5.90. The second-order valence-electron chi connectivity index (χ2n) is 5.45. The van der Waals surface area contributed by atoms with Gasteiger partial charge in [-0.1, -0.05) is 32.4 Å². The average Bonchev–Trinajstić information content (AvgIpc) is 2.61. The first-order valence-corrected chi connectivity index (χ1v) is 7.85. The van der Waals surface area contributed by atoms with Gasteiger partial charge < -0.3 is 14.8 Å². The molecule has 6 nitrogen and oxygen atoms in total. The maximum absolute atomic E-state index is 13.0. The number of nitrogens with one attached hydrogen (secondary N) is 1. The minimum atomic E-state index is -0.802. The number of ether oxygens (including phenoxy) is 2. The summed E-state index contributed by atoms with van der Waals surface area (Å²) in [6, 6.07) is 4.87. The number of hydrogen-bond acceptors (Lipinski definition) is 5. The summed E-state index contributed by atoms with van der Waals surface area (Å²) in [6.07, 6.45) is 3.13. The van der Waals surface area contributed by atoms with Gasteiger partial charge in [-0.15, -0.1) is 0 Å². The molecule has 1 aromatic rings. The molecule has 1 rings (SSSR count). The van der Waals surface area contributed by atoms with Crippen molar-refractivity contribution in [3.63, 3.8) is 0 Å². The third-order valence-electron chi connectivity index (χ3n) is 3.59. The highest BCUT2D eigenvalue weighted by Crippen LogP contribution is 2.09. The molecule has 25 heavy (non-hydrogen) atoms. The van der Waals surface area contributed by atoms with Crippen molar-refractivity contribution in [2.24, 2.45) is 5.92 Å². The van der Waals surface area contributed by atoms with Crippen molar-refractivity contribution in [3.05, 3.63) is 41.7 Å². The molecular weight excluding hydrogens is 329 g/mol. The largest absolute Gasteiger partial charge is 0.467 e. The lowest BCUT2D eigenvalue weighted by atomic mass is 9.99. The molecule has 0 fully saturated rings. The van der Waals surface area contributed by atoms with Gasteiger partial charge in [-0.05, 0) is 29.7 Å². The summed E-state index contributed by atoms with van der Waals surface area (Å²) >= 11 is 0. The molecule has 0 bridgehead atoms. The predicted octanol–water partition coefficient (Wildman–Crippen LogP) is 2.09. The fourth-order valence-electron chi connectivity index (χ4n) is 1.97. The van der Waals surface area contributed by atoms with E-state index in [1.807, 2.05) is 6.92 Å². The standard InChI is InChI=1S/C18H22FNO5/c1-4-12(2)17(18(23)24-3)20-15(21)11-25-16(22)9-8-13-6-5-7-14(19)10-13/h5-10,12,17H,4,11H2,1-3H3,(H,20,21)/b9-8+/t12-,17-/m1/s1. The van der Waals surface area contributed by atoms with E-state index in [4.69, 9.17) is 4.74 Å². The molecule has 0 radical (unpaired) electrons. The number of rotatable bonds is 8. The van der Waals surface area contributed by atoms with Crippen molar-refractivity contribution < 1.29 is 28.2 Å². The lowest BCUT2D eigenvalue weighted by molar-refractivity contribution is -0.148. The van der Waals surface area contributed by atoms with Crippen LogP contribution >= 0.6 is 0 Å². The summed E-state index contributed by atoms with van der Waals surface area (Å²) < 4.78 is 22.5. The molecule has 0 aliphatic heterocycles. The molecule has 0 saturated heterocycles. The van der Waals surface area contributed by atoms with E-state index in [1.165, 1.54) is 31.4 Å². The predicted molar refractivity (Wildman–Crippen MR) is 89.8 cm³/mol. The lowest BCUT2D eigenvalue weighted by Gasteiger charge is -2.21. The zero-order chi connectivity index (χ0) is 18.8. The van der Waals surface area contributed by atoms with Gasteiger partial charge in [-0.3, -0.25) is 4.79 Å². The third-order valence-corrected chi connectivity index (χ3v) is 3.59. The van der Waals surface area contributed by atoms with Gasteiger partial charge in [0, 0.05) is 6.08 Å². The molecule has 0 aliphatic rings. The molecule has 0 spiro atoms. The fraction of sp³-hybridized carbons (Fsp3) is 0.389. The molecule has 0 aromatic heterocycles. The minimum absolute atomic E-state index is 0.125. The summed E-state index contributed by atoms with van der Waals surface area (Å²) in [5.74, 6) is -2.46. The van der Waals surface area contributed by atoms with Crippen LogP contribution in [0.1, 0.15) is 25.8 Å². The first-order chi connectivity index (χ1) is 11.9. The molecule has 2 atom stereocenters. The number of methoxy groups -OCH3 is 1. The normalized spacial score (nSPS) is 13.1. The van der Waals surface area contributed by atoms with E-state index < -0.39 is 36.3 Å².